The number of carbonyl (C=O) groups is 2. The van der Waals surface area contributed by atoms with Crippen LogP contribution in [0.5, 0.6) is 0 Å². The molecule has 1 aromatic rings. The van der Waals surface area contributed by atoms with Crippen LogP contribution >= 0.6 is 0 Å². The molecular weight excluding hydrogens is 274 g/mol. The maximum atomic E-state index is 12.0. The van der Waals surface area contributed by atoms with Crippen LogP contribution in [0.2, 0.25) is 0 Å². The Hall–Kier alpha value is -2.15. The second kappa shape index (κ2) is 7.03. The van der Waals surface area contributed by atoms with Crippen molar-refractivity contribution in [3.05, 3.63) is 34.2 Å². The first-order valence-corrected chi connectivity index (χ1v) is 6.86. The zero-order valence-electron chi connectivity index (χ0n) is 11.9. The van der Waals surface area contributed by atoms with Gasteiger partial charge >= 0.3 is 0 Å². The van der Waals surface area contributed by atoms with Gasteiger partial charge in [-0.1, -0.05) is 0 Å². The zero-order valence-corrected chi connectivity index (χ0v) is 11.9. The van der Waals surface area contributed by atoms with Crippen LogP contribution in [0, 0.1) is 0 Å². The molecule has 0 aliphatic carbocycles. The fraction of sp³-hybridized carbons (Fsp3) is 0.500. The Kier molecular flexibility index (Phi) is 5.10. The third kappa shape index (κ3) is 3.91. The molecule has 21 heavy (non-hydrogen) atoms. The van der Waals surface area contributed by atoms with E-state index in [0.29, 0.717) is 25.9 Å². The molecule has 1 aliphatic heterocycles. The molecule has 7 heteroatoms. The van der Waals surface area contributed by atoms with Crippen LogP contribution in [0.3, 0.4) is 0 Å². The number of amides is 2. The molecule has 0 atom stereocenters. The number of likely N-dealkylation sites (tertiary alicyclic amines) is 1. The number of piperidine rings is 1. The summed E-state index contributed by atoms with van der Waals surface area (Å²) in [4.78, 5) is 39.7. The maximum absolute atomic E-state index is 12.0. The molecule has 0 unspecified atom stereocenters. The summed E-state index contributed by atoms with van der Waals surface area (Å²) < 4.78 is 4.82. The second-order valence-electron chi connectivity index (χ2n) is 4.98. The van der Waals surface area contributed by atoms with Crippen molar-refractivity contribution in [2.24, 2.45) is 0 Å². The third-order valence-corrected chi connectivity index (χ3v) is 3.52. The summed E-state index contributed by atoms with van der Waals surface area (Å²) in [5.41, 5.74) is -0.200. The highest BCUT2D eigenvalue weighted by atomic mass is 16.5. The number of hydrogen-bond acceptors (Lipinski definition) is 4. The third-order valence-electron chi connectivity index (χ3n) is 3.52. The van der Waals surface area contributed by atoms with Crippen LogP contribution in [0.1, 0.15) is 23.2 Å². The first-order chi connectivity index (χ1) is 10.1. The van der Waals surface area contributed by atoms with E-state index >= 15 is 0 Å². The predicted octanol–water partition coefficient (Wildman–Crippen LogP) is -0.258. The average molecular weight is 293 g/mol. The lowest BCUT2D eigenvalue weighted by molar-refractivity contribution is -0.136. The highest BCUT2D eigenvalue weighted by Gasteiger charge is 2.24. The average Bonchev–Trinajstić information content (AvgIpc) is 2.48. The molecule has 1 saturated heterocycles. The van der Waals surface area contributed by atoms with Crippen molar-refractivity contribution in [1.82, 2.24) is 15.2 Å². The summed E-state index contributed by atoms with van der Waals surface area (Å²) in [6.45, 7) is 1.24. The van der Waals surface area contributed by atoms with E-state index in [9.17, 15) is 14.4 Å². The van der Waals surface area contributed by atoms with Crippen LogP contribution < -0.4 is 10.7 Å². The molecule has 1 aliphatic rings. The minimum atomic E-state index is -0.376. The molecule has 0 bridgehead atoms. The molecule has 1 fully saturated rings. The second-order valence-corrected chi connectivity index (χ2v) is 4.98. The molecule has 2 heterocycles. The Morgan fingerprint density at radius 3 is 2.76 bits per heavy atom. The fourth-order valence-electron chi connectivity index (χ4n) is 2.34. The number of carbonyl (C=O) groups excluding carboxylic acids is 2. The number of hydrogen-bond donors (Lipinski definition) is 2. The molecule has 7 nitrogen and oxygen atoms in total. The van der Waals surface area contributed by atoms with E-state index in [1.165, 1.54) is 25.6 Å². The number of aromatic amines is 1. The molecular formula is C14H19N3O4. The van der Waals surface area contributed by atoms with Gasteiger partial charge in [0.05, 0.1) is 0 Å². The number of aromatic nitrogens is 1. The number of ether oxygens (including phenoxy) is 1. The van der Waals surface area contributed by atoms with Gasteiger partial charge in [0.15, 0.2) is 5.43 Å². The minimum Gasteiger partial charge on any atom is -0.375 e. The fourth-order valence-corrected chi connectivity index (χ4v) is 2.34. The van der Waals surface area contributed by atoms with Gasteiger partial charge in [-0.05, 0) is 12.8 Å². The van der Waals surface area contributed by atoms with Crippen molar-refractivity contribution in [1.29, 1.82) is 0 Å². The lowest BCUT2D eigenvalue weighted by atomic mass is 10.0. The Bertz CT molecular complexity index is 561. The summed E-state index contributed by atoms with van der Waals surface area (Å²) in [5, 5.41) is 2.84. The Morgan fingerprint density at radius 1 is 1.43 bits per heavy atom. The van der Waals surface area contributed by atoms with Gasteiger partial charge in [-0.15, -0.1) is 0 Å². The van der Waals surface area contributed by atoms with Crippen molar-refractivity contribution < 1.29 is 14.3 Å². The van der Waals surface area contributed by atoms with Crippen molar-refractivity contribution >= 4 is 11.8 Å². The molecule has 2 amide bonds. The molecule has 2 rings (SSSR count). The Morgan fingerprint density at radius 2 is 2.14 bits per heavy atom. The van der Waals surface area contributed by atoms with E-state index in [2.05, 4.69) is 10.3 Å². The SMILES string of the molecule is COCC(=O)N1CCC(NC(=O)c2c[nH]ccc2=O)CC1. The van der Waals surface area contributed by atoms with Crippen LogP contribution in [0.15, 0.2) is 23.3 Å². The lowest BCUT2D eigenvalue weighted by Crippen LogP contribution is -2.47. The van der Waals surface area contributed by atoms with Gasteiger partial charge in [0.25, 0.3) is 5.91 Å². The summed E-state index contributed by atoms with van der Waals surface area (Å²) in [7, 11) is 1.49. The van der Waals surface area contributed by atoms with Gasteiger partial charge in [-0.25, -0.2) is 0 Å². The molecule has 0 spiro atoms. The topological polar surface area (TPSA) is 91.5 Å². The Labute approximate surface area is 122 Å². The monoisotopic (exact) mass is 293 g/mol. The summed E-state index contributed by atoms with van der Waals surface area (Å²) in [6.07, 6.45) is 4.23. The van der Waals surface area contributed by atoms with Crippen molar-refractivity contribution in [3.8, 4) is 0 Å². The van der Waals surface area contributed by atoms with Crippen molar-refractivity contribution in [3.63, 3.8) is 0 Å². The van der Waals surface area contributed by atoms with Gasteiger partial charge in [0.2, 0.25) is 5.91 Å². The molecule has 2 N–H and O–H groups in total. The van der Waals surface area contributed by atoms with Gasteiger partial charge in [-0.2, -0.15) is 0 Å². The zero-order chi connectivity index (χ0) is 15.2. The summed E-state index contributed by atoms with van der Waals surface area (Å²) >= 11 is 0. The maximum Gasteiger partial charge on any atom is 0.256 e. The van der Waals surface area contributed by atoms with Gasteiger partial charge in [0, 0.05) is 44.7 Å². The first-order valence-electron chi connectivity index (χ1n) is 6.86. The number of pyridine rings is 1. The van der Waals surface area contributed by atoms with Gasteiger partial charge in [0.1, 0.15) is 12.2 Å². The van der Waals surface area contributed by atoms with Crippen LogP contribution in [0.4, 0.5) is 0 Å². The normalized spacial score (nSPS) is 15.8. The van der Waals surface area contributed by atoms with Crippen LogP contribution in [-0.2, 0) is 9.53 Å². The number of rotatable bonds is 4. The predicted molar refractivity (Wildman–Crippen MR) is 76.0 cm³/mol. The van der Waals surface area contributed by atoms with Crippen molar-refractivity contribution in [2.75, 3.05) is 26.8 Å². The number of methoxy groups -OCH3 is 1. The van der Waals surface area contributed by atoms with E-state index in [-0.39, 0.29) is 35.5 Å². The number of nitrogens with zero attached hydrogens (tertiary/aromatic N) is 1. The Balaban J connectivity index is 1.86. The first kappa shape index (κ1) is 15.2. The van der Waals surface area contributed by atoms with Gasteiger partial charge < -0.3 is 19.9 Å². The number of H-pyrrole nitrogens is 1. The standard InChI is InChI=1S/C14H19N3O4/c1-21-9-13(19)17-6-3-10(4-7-17)16-14(20)11-8-15-5-2-12(11)18/h2,5,8,10H,3-4,6-7,9H2,1H3,(H,15,18)(H,16,20). The van der Waals surface area contributed by atoms with E-state index in [0.717, 1.165) is 0 Å². The van der Waals surface area contributed by atoms with Crippen LogP contribution in [-0.4, -0.2) is 54.5 Å². The smallest absolute Gasteiger partial charge is 0.256 e. The van der Waals surface area contributed by atoms with E-state index in [1.54, 1.807) is 4.90 Å². The largest absolute Gasteiger partial charge is 0.375 e. The van der Waals surface area contributed by atoms with E-state index in [4.69, 9.17) is 4.74 Å². The highest BCUT2D eigenvalue weighted by Crippen LogP contribution is 2.11. The van der Waals surface area contributed by atoms with Gasteiger partial charge in [-0.3, -0.25) is 14.4 Å². The molecule has 1 aromatic heterocycles. The lowest BCUT2D eigenvalue weighted by Gasteiger charge is -2.32. The molecule has 0 saturated carbocycles. The minimum absolute atomic E-state index is 0.0244. The van der Waals surface area contributed by atoms with E-state index in [1.807, 2.05) is 0 Å². The molecule has 114 valence electrons. The summed E-state index contributed by atoms with van der Waals surface area (Å²) in [6, 6.07) is 1.30. The highest BCUT2D eigenvalue weighted by molar-refractivity contribution is 5.93. The number of nitrogens with one attached hydrogen (secondary N) is 2. The summed E-state index contributed by atoms with van der Waals surface area (Å²) in [5.74, 6) is -0.416. The van der Waals surface area contributed by atoms with Crippen molar-refractivity contribution in [2.45, 2.75) is 18.9 Å². The quantitative estimate of drug-likeness (QED) is 0.800. The molecule has 0 aromatic carbocycles. The van der Waals surface area contributed by atoms with Crippen LogP contribution in [0.25, 0.3) is 0 Å². The van der Waals surface area contributed by atoms with E-state index < -0.39 is 0 Å². The molecule has 0 radical (unpaired) electrons.